The smallest absolute Gasteiger partial charge is 0.233 e. The molecule has 1 amide bonds. The molecule has 1 aromatic rings. The van der Waals surface area contributed by atoms with Gasteiger partial charge in [0.25, 0.3) is 0 Å². The van der Waals surface area contributed by atoms with Gasteiger partial charge in [-0.05, 0) is 6.42 Å². The highest BCUT2D eigenvalue weighted by molar-refractivity contribution is 5.77. The summed E-state index contributed by atoms with van der Waals surface area (Å²) in [7, 11) is 0. The maximum Gasteiger partial charge on any atom is 0.233 e. The number of carbonyl (C=O) groups excluding carboxylic acids is 1. The van der Waals surface area contributed by atoms with Gasteiger partial charge in [0.2, 0.25) is 5.91 Å². The second kappa shape index (κ2) is 7.00. The van der Waals surface area contributed by atoms with Crippen molar-refractivity contribution in [2.45, 2.75) is 26.3 Å². The fourth-order valence-corrected chi connectivity index (χ4v) is 1.10. The quantitative estimate of drug-likeness (QED) is 0.651. The maximum atomic E-state index is 11.2. The van der Waals surface area contributed by atoms with Crippen LogP contribution in [0.15, 0.2) is 16.8 Å². The van der Waals surface area contributed by atoms with Crippen molar-refractivity contribution >= 4 is 5.91 Å². The van der Waals surface area contributed by atoms with E-state index in [1.54, 1.807) is 12.3 Å². The molecule has 0 atom stereocenters. The van der Waals surface area contributed by atoms with Crippen LogP contribution in [0.3, 0.4) is 0 Å². The predicted octanol–water partition coefficient (Wildman–Crippen LogP) is 0.680. The number of nitrogens with one attached hydrogen (secondary N) is 2. The van der Waals surface area contributed by atoms with Crippen molar-refractivity contribution in [3.05, 3.63) is 18.0 Å². The van der Waals surface area contributed by atoms with Crippen molar-refractivity contribution in [2.75, 3.05) is 13.1 Å². The first-order valence-corrected chi connectivity index (χ1v) is 5.20. The van der Waals surface area contributed by atoms with E-state index >= 15 is 0 Å². The van der Waals surface area contributed by atoms with Crippen LogP contribution >= 0.6 is 0 Å². The minimum Gasteiger partial charge on any atom is -0.360 e. The van der Waals surface area contributed by atoms with Crippen molar-refractivity contribution < 1.29 is 9.32 Å². The molecule has 5 heteroatoms. The molecule has 0 fully saturated rings. The van der Waals surface area contributed by atoms with Gasteiger partial charge in [-0.1, -0.05) is 18.5 Å². The second-order valence-electron chi connectivity index (χ2n) is 3.29. The molecule has 15 heavy (non-hydrogen) atoms. The molecule has 0 saturated heterocycles. The average Bonchev–Trinajstić information content (AvgIpc) is 2.71. The molecule has 0 unspecified atom stereocenters. The standard InChI is InChI=1S/C10H17N3O2/c1-2-3-5-12-10(14)8-11-7-9-4-6-13-15-9/h4,6,11H,2-3,5,7-8H2,1H3,(H,12,14). The summed E-state index contributed by atoms with van der Waals surface area (Å²) in [6, 6.07) is 1.77. The van der Waals surface area contributed by atoms with Gasteiger partial charge >= 0.3 is 0 Å². The first-order chi connectivity index (χ1) is 7.33. The molecule has 5 nitrogen and oxygen atoms in total. The Hall–Kier alpha value is -1.36. The molecule has 0 saturated carbocycles. The summed E-state index contributed by atoms with van der Waals surface area (Å²) in [6.07, 6.45) is 3.69. The van der Waals surface area contributed by atoms with Crippen molar-refractivity contribution in [3.63, 3.8) is 0 Å². The predicted molar refractivity (Wildman–Crippen MR) is 56.1 cm³/mol. The van der Waals surface area contributed by atoms with Crippen LogP contribution in [0.2, 0.25) is 0 Å². The van der Waals surface area contributed by atoms with E-state index in [0.717, 1.165) is 25.1 Å². The Kier molecular flexibility index (Phi) is 5.47. The summed E-state index contributed by atoms with van der Waals surface area (Å²) in [6.45, 7) is 3.68. The summed E-state index contributed by atoms with van der Waals surface area (Å²) in [4.78, 5) is 11.2. The Balaban J connectivity index is 2.02. The van der Waals surface area contributed by atoms with E-state index in [4.69, 9.17) is 4.52 Å². The van der Waals surface area contributed by atoms with E-state index in [1.807, 2.05) is 0 Å². The van der Waals surface area contributed by atoms with Crippen LogP contribution in [0.1, 0.15) is 25.5 Å². The van der Waals surface area contributed by atoms with Gasteiger partial charge in [0.05, 0.1) is 19.3 Å². The molecule has 0 bridgehead atoms. The summed E-state index contributed by atoms with van der Waals surface area (Å²) in [5.41, 5.74) is 0. The highest BCUT2D eigenvalue weighted by atomic mass is 16.5. The lowest BCUT2D eigenvalue weighted by Crippen LogP contribution is -2.34. The Labute approximate surface area is 89.2 Å². The molecule has 2 N–H and O–H groups in total. The van der Waals surface area contributed by atoms with Gasteiger partial charge in [0.1, 0.15) is 5.76 Å². The SMILES string of the molecule is CCCCNC(=O)CNCc1ccno1. The number of hydrogen-bond donors (Lipinski definition) is 2. The van der Waals surface area contributed by atoms with Gasteiger partial charge in [-0.3, -0.25) is 4.79 Å². The van der Waals surface area contributed by atoms with Crippen LogP contribution < -0.4 is 10.6 Å². The van der Waals surface area contributed by atoms with Crippen LogP contribution in [0.4, 0.5) is 0 Å². The van der Waals surface area contributed by atoms with Gasteiger partial charge < -0.3 is 15.2 Å². The third-order valence-corrected chi connectivity index (χ3v) is 1.93. The highest BCUT2D eigenvalue weighted by Gasteiger charge is 2.00. The normalized spacial score (nSPS) is 10.2. The van der Waals surface area contributed by atoms with Crippen LogP contribution in [-0.2, 0) is 11.3 Å². The van der Waals surface area contributed by atoms with Gasteiger partial charge in [0.15, 0.2) is 0 Å². The van der Waals surface area contributed by atoms with Crippen molar-refractivity contribution in [1.29, 1.82) is 0 Å². The fourth-order valence-electron chi connectivity index (χ4n) is 1.10. The molecule has 1 aromatic heterocycles. The van der Waals surface area contributed by atoms with Crippen LogP contribution in [0.5, 0.6) is 0 Å². The lowest BCUT2D eigenvalue weighted by Gasteiger charge is -2.04. The van der Waals surface area contributed by atoms with Gasteiger partial charge in [-0.2, -0.15) is 0 Å². The molecule has 1 rings (SSSR count). The van der Waals surface area contributed by atoms with Crippen LogP contribution in [0.25, 0.3) is 0 Å². The Morgan fingerprint density at radius 2 is 2.47 bits per heavy atom. The molecule has 0 spiro atoms. The fraction of sp³-hybridized carbons (Fsp3) is 0.600. The zero-order chi connectivity index (χ0) is 10.9. The van der Waals surface area contributed by atoms with Crippen molar-refractivity contribution in [1.82, 2.24) is 15.8 Å². The van der Waals surface area contributed by atoms with Crippen LogP contribution in [-0.4, -0.2) is 24.2 Å². The largest absolute Gasteiger partial charge is 0.360 e. The number of amides is 1. The Bertz CT molecular complexity index is 272. The molecule has 0 aliphatic rings. The topological polar surface area (TPSA) is 67.2 Å². The lowest BCUT2D eigenvalue weighted by molar-refractivity contribution is -0.120. The molecule has 0 aliphatic carbocycles. The number of hydrogen-bond acceptors (Lipinski definition) is 4. The molecule has 1 heterocycles. The third kappa shape index (κ3) is 5.17. The molecule has 0 aliphatic heterocycles. The van der Waals surface area contributed by atoms with E-state index in [1.165, 1.54) is 0 Å². The van der Waals surface area contributed by atoms with E-state index < -0.39 is 0 Å². The monoisotopic (exact) mass is 211 g/mol. The van der Waals surface area contributed by atoms with E-state index in [-0.39, 0.29) is 5.91 Å². The van der Waals surface area contributed by atoms with E-state index in [0.29, 0.717) is 13.1 Å². The van der Waals surface area contributed by atoms with Gasteiger partial charge in [0, 0.05) is 12.6 Å². The second-order valence-corrected chi connectivity index (χ2v) is 3.29. The first-order valence-electron chi connectivity index (χ1n) is 5.20. The zero-order valence-corrected chi connectivity index (χ0v) is 8.95. The van der Waals surface area contributed by atoms with Crippen molar-refractivity contribution in [2.24, 2.45) is 0 Å². The average molecular weight is 211 g/mol. The summed E-state index contributed by atoms with van der Waals surface area (Å²) >= 11 is 0. The molecule has 0 radical (unpaired) electrons. The number of aromatic nitrogens is 1. The van der Waals surface area contributed by atoms with E-state index in [9.17, 15) is 4.79 Å². The summed E-state index contributed by atoms with van der Waals surface area (Å²) in [5.74, 6) is 0.749. The zero-order valence-electron chi connectivity index (χ0n) is 8.95. The number of rotatable bonds is 7. The van der Waals surface area contributed by atoms with Gasteiger partial charge in [-0.25, -0.2) is 0 Å². The minimum absolute atomic E-state index is 0.0166. The number of carbonyl (C=O) groups is 1. The molecule has 84 valence electrons. The Morgan fingerprint density at radius 3 is 3.13 bits per heavy atom. The summed E-state index contributed by atoms with van der Waals surface area (Å²) < 4.78 is 4.87. The highest BCUT2D eigenvalue weighted by Crippen LogP contribution is 1.93. The number of nitrogens with zero attached hydrogens (tertiary/aromatic N) is 1. The van der Waals surface area contributed by atoms with Crippen molar-refractivity contribution in [3.8, 4) is 0 Å². The molecular weight excluding hydrogens is 194 g/mol. The lowest BCUT2D eigenvalue weighted by atomic mass is 10.3. The molecule has 0 aromatic carbocycles. The number of unbranched alkanes of at least 4 members (excludes halogenated alkanes) is 1. The minimum atomic E-state index is 0.0166. The molecular formula is C10H17N3O2. The van der Waals surface area contributed by atoms with Gasteiger partial charge in [-0.15, -0.1) is 0 Å². The first kappa shape index (κ1) is 11.7. The van der Waals surface area contributed by atoms with E-state index in [2.05, 4.69) is 22.7 Å². The summed E-state index contributed by atoms with van der Waals surface area (Å²) in [5, 5.41) is 9.35. The maximum absolute atomic E-state index is 11.2. The van der Waals surface area contributed by atoms with Crippen LogP contribution in [0, 0.1) is 0 Å². The third-order valence-electron chi connectivity index (χ3n) is 1.93. The Morgan fingerprint density at radius 1 is 1.60 bits per heavy atom.